The normalized spacial score (nSPS) is 27.4. The maximum Gasteiger partial charge on any atom is 0.254 e. The summed E-state index contributed by atoms with van der Waals surface area (Å²) in [5.41, 5.74) is 0.271. The second-order valence-corrected chi connectivity index (χ2v) is 6.59. The van der Waals surface area contributed by atoms with Crippen LogP contribution in [0.1, 0.15) is 32.6 Å². The number of aliphatic hydroxyl groups is 1. The van der Waals surface area contributed by atoms with Crippen LogP contribution in [0.15, 0.2) is 28.7 Å². The Morgan fingerprint density at radius 3 is 2.68 bits per heavy atom. The van der Waals surface area contributed by atoms with Crippen LogP contribution in [0.3, 0.4) is 0 Å². The first-order valence-electron chi connectivity index (χ1n) is 6.97. The van der Waals surface area contributed by atoms with Crippen molar-refractivity contribution in [2.45, 2.75) is 38.3 Å². The average Bonchev–Trinajstić information content (AvgIpc) is 2.51. The van der Waals surface area contributed by atoms with Crippen LogP contribution >= 0.6 is 15.9 Å². The molecule has 4 heteroatoms. The highest BCUT2D eigenvalue weighted by Crippen LogP contribution is 2.31. The zero-order chi connectivity index (χ0) is 13.5. The molecule has 19 heavy (non-hydrogen) atoms. The molecular weight excluding hydrogens is 304 g/mol. The van der Waals surface area contributed by atoms with Gasteiger partial charge in [-0.15, -0.1) is 0 Å². The molecule has 0 saturated carbocycles. The smallest absolute Gasteiger partial charge is 0.254 e. The Bertz CT molecular complexity index is 507. The Kier molecular flexibility index (Phi) is 3.39. The highest BCUT2D eigenvalue weighted by Gasteiger charge is 2.49. The van der Waals surface area contributed by atoms with Gasteiger partial charge in [-0.05, 0) is 43.5 Å². The van der Waals surface area contributed by atoms with Gasteiger partial charge >= 0.3 is 0 Å². The largest absolute Gasteiger partial charge is 0.350 e. The van der Waals surface area contributed by atoms with Gasteiger partial charge in [-0.3, -0.25) is 4.58 Å². The lowest BCUT2D eigenvalue weighted by Gasteiger charge is -2.24. The highest BCUT2D eigenvalue weighted by atomic mass is 79.9. The average molecular weight is 324 g/mol. The molecular formula is C15H20BrN2O+. The first kappa shape index (κ1) is 13.1. The fourth-order valence-electron chi connectivity index (χ4n) is 3.20. The van der Waals surface area contributed by atoms with Gasteiger partial charge in [0.2, 0.25) is 5.72 Å². The summed E-state index contributed by atoms with van der Waals surface area (Å²) in [6, 6.07) is 8.20. The standard InChI is InChI=1S/C15H20BrN2O/c1-15(19)11-17-10-4-2-3-5-14(17)18(15)13-8-6-12(16)7-9-13/h6-9,19H,2-5,10-11H2,1H3/q+1. The number of anilines is 1. The first-order chi connectivity index (χ1) is 9.08. The number of benzene rings is 1. The summed E-state index contributed by atoms with van der Waals surface area (Å²) in [5.74, 6) is 1.28. The molecule has 0 saturated heterocycles. The predicted molar refractivity (Wildman–Crippen MR) is 80.7 cm³/mol. The van der Waals surface area contributed by atoms with E-state index in [1.807, 2.05) is 19.1 Å². The van der Waals surface area contributed by atoms with Gasteiger partial charge in [0.15, 0.2) is 6.54 Å². The maximum absolute atomic E-state index is 10.8. The van der Waals surface area contributed by atoms with E-state index in [1.165, 1.54) is 25.1 Å². The molecule has 1 unspecified atom stereocenters. The first-order valence-corrected chi connectivity index (χ1v) is 7.76. The molecule has 2 aliphatic heterocycles. The van der Waals surface area contributed by atoms with Crippen LogP contribution in [-0.4, -0.2) is 34.3 Å². The van der Waals surface area contributed by atoms with E-state index in [2.05, 4.69) is 37.5 Å². The third kappa shape index (κ3) is 2.43. The zero-order valence-corrected chi connectivity index (χ0v) is 12.9. The zero-order valence-electron chi connectivity index (χ0n) is 11.3. The monoisotopic (exact) mass is 323 g/mol. The maximum atomic E-state index is 10.8. The van der Waals surface area contributed by atoms with Crippen LogP contribution in [0.25, 0.3) is 0 Å². The van der Waals surface area contributed by atoms with E-state index in [0.29, 0.717) is 6.54 Å². The van der Waals surface area contributed by atoms with Crippen LogP contribution in [0.5, 0.6) is 0 Å². The predicted octanol–water partition coefficient (Wildman–Crippen LogP) is 2.96. The fourth-order valence-corrected chi connectivity index (χ4v) is 3.47. The highest BCUT2D eigenvalue weighted by molar-refractivity contribution is 9.10. The van der Waals surface area contributed by atoms with E-state index in [9.17, 15) is 5.11 Å². The number of rotatable bonds is 1. The molecule has 0 fully saturated rings. The molecule has 0 radical (unpaired) electrons. The molecule has 1 N–H and O–H groups in total. The summed E-state index contributed by atoms with van der Waals surface area (Å²) in [6.45, 7) is 3.69. The molecule has 0 aromatic heterocycles. The number of hydrogen-bond donors (Lipinski definition) is 1. The number of hydrogen-bond acceptors (Lipinski definition) is 2. The van der Waals surface area contributed by atoms with Gasteiger partial charge in [-0.25, -0.2) is 0 Å². The van der Waals surface area contributed by atoms with Crippen molar-refractivity contribution in [1.82, 2.24) is 0 Å². The third-order valence-corrected chi connectivity index (χ3v) is 4.54. The van der Waals surface area contributed by atoms with Crippen molar-refractivity contribution < 1.29 is 9.68 Å². The van der Waals surface area contributed by atoms with Crippen LogP contribution in [-0.2, 0) is 0 Å². The van der Waals surface area contributed by atoms with Crippen molar-refractivity contribution in [2.24, 2.45) is 0 Å². The Morgan fingerprint density at radius 2 is 1.95 bits per heavy atom. The molecule has 2 heterocycles. The summed E-state index contributed by atoms with van der Waals surface area (Å²) >= 11 is 3.47. The van der Waals surface area contributed by atoms with Crippen molar-refractivity contribution >= 4 is 27.5 Å². The molecule has 2 aliphatic rings. The second-order valence-electron chi connectivity index (χ2n) is 5.68. The minimum Gasteiger partial charge on any atom is -0.350 e. The molecule has 3 nitrogen and oxygen atoms in total. The van der Waals surface area contributed by atoms with Gasteiger partial charge in [0, 0.05) is 17.8 Å². The van der Waals surface area contributed by atoms with Crippen LogP contribution < -0.4 is 4.90 Å². The van der Waals surface area contributed by atoms with E-state index in [4.69, 9.17) is 0 Å². The van der Waals surface area contributed by atoms with Gasteiger partial charge in [-0.2, -0.15) is 4.90 Å². The number of halogens is 1. The van der Waals surface area contributed by atoms with Gasteiger partial charge in [0.25, 0.3) is 5.84 Å². The van der Waals surface area contributed by atoms with Crippen molar-refractivity contribution in [1.29, 1.82) is 0 Å². The van der Waals surface area contributed by atoms with Gasteiger partial charge in [-0.1, -0.05) is 15.9 Å². The molecule has 0 aliphatic carbocycles. The molecule has 1 atom stereocenters. The van der Waals surface area contributed by atoms with E-state index in [0.717, 1.165) is 23.1 Å². The van der Waals surface area contributed by atoms with Gasteiger partial charge in [0.05, 0.1) is 6.54 Å². The molecule has 0 spiro atoms. The molecule has 1 aromatic carbocycles. The minimum absolute atomic E-state index is 0.707. The van der Waals surface area contributed by atoms with E-state index in [1.54, 1.807) is 0 Å². The summed E-state index contributed by atoms with van der Waals surface area (Å²) in [7, 11) is 0. The van der Waals surface area contributed by atoms with Crippen molar-refractivity contribution in [3.63, 3.8) is 0 Å². The topological polar surface area (TPSA) is 26.5 Å². The van der Waals surface area contributed by atoms with E-state index >= 15 is 0 Å². The Balaban J connectivity index is 2.00. The van der Waals surface area contributed by atoms with Crippen molar-refractivity contribution in [3.8, 4) is 0 Å². The lowest BCUT2D eigenvalue weighted by molar-refractivity contribution is -0.532. The molecule has 1 aromatic rings. The van der Waals surface area contributed by atoms with E-state index < -0.39 is 5.72 Å². The minimum atomic E-state index is -0.805. The van der Waals surface area contributed by atoms with Crippen LogP contribution in [0.2, 0.25) is 0 Å². The lowest BCUT2D eigenvalue weighted by atomic mass is 10.1. The molecule has 3 rings (SSSR count). The SMILES string of the molecule is CC1(O)C[N+]2=C(CCCCC2)N1c1ccc(Br)cc1. The molecule has 0 bridgehead atoms. The van der Waals surface area contributed by atoms with Gasteiger partial charge in [0.1, 0.15) is 5.69 Å². The second kappa shape index (κ2) is 4.91. The Morgan fingerprint density at radius 1 is 1.21 bits per heavy atom. The lowest BCUT2D eigenvalue weighted by Crippen LogP contribution is -2.47. The Labute approximate surface area is 122 Å². The quantitative estimate of drug-likeness (QED) is 0.804. The third-order valence-electron chi connectivity index (χ3n) is 4.01. The van der Waals surface area contributed by atoms with Crippen molar-refractivity contribution in [2.75, 3.05) is 18.0 Å². The summed E-state index contributed by atoms with van der Waals surface area (Å²) < 4.78 is 3.42. The van der Waals surface area contributed by atoms with Crippen LogP contribution in [0, 0.1) is 0 Å². The van der Waals surface area contributed by atoms with Crippen molar-refractivity contribution in [3.05, 3.63) is 28.7 Å². The molecule has 0 amide bonds. The van der Waals surface area contributed by atoms with E-state index in [-0.39, 0.29) is 0 Å². The number of nitrogens with zero attached hydrogens (tertiary/aromatic N) is 2. The summed E-state index contributed by atoms with van der Waals surface area (Å²) in [4.78, 5) is 2.12. The fraction of sp³-hybridized carbons (Fsp3) is 0.533. The molecule has 102 valence electrons. The van der Waals surface area contributed by atoms with Crippen LogP contribution in [0.4, 0.5) is 5.69 Å². The number of amidine groups is 1. The Hall–Kier alpha value is -0.870. The summed E-state index contributed by atoms with van der Waals surface area (Å²) in [5, 5.41) is 10.8. The summed E-state index contributed by atoms with van der Waals surface area (Å²) in [6.07, 6.45) is 4.80. The van der Waals surface area contributed by atoms with Gasteiger partial charge < -0.3 is 5.11 Å².